The van der Waals surface area contributed by atoms with Crippen molar-refractivity contribution in [2.75, 3.05) is 0 Å². The van der Waals surface area contributed by atoms with Gasteiger partial charge < -0.3 is 10.6 Å². The number of H-pyrrole nitrogens is 1. The molecule has 2 saturated carbocycles. The Kier molecular flexibility index (Phi) is 4.04. The molecular formula is C18H22N4S. The average Bonchev–Trinajstić information content (AvgIpc) is 3.31. The van der Waals surface area contributed by atoms with Crippen LogP contribution in [0.4, 0.5) is 0 Å². The van der Waals surface area contributed by atoms with Gasteiger partial charge in [0.25, 0.3) is 0 Å². The molecule has 120 valence electrons. The molecule has 2 fully saturated rings. The van der Waals surface area contributed by atoms with Crippen molar-refractivity contribution in [2.24, 2.45) is 11.8 Å². The molecule has 0 unspecified atom stereocenters. The van der Waals surface area contributed by atoms with Crippen molar-refractivity contribution in [1.29, 1.82) is 0 Å². The minimum absolute atomic E-state index is 0.594. The Morgan fingerprint density at radius 1 is 1.17 bits per heavy atom. The third-order valence-electron chi connectivity index (χ3n) is 5.27. The van der Waals surface area contributed by atoms with Gasteiger partial charge in [-0.05, 0) is 60.5 Å². The highest BCUT2D eigenvalue weighted by atomic mass is 32.1. The van der Waals surface area contributed by atoms with Crippen LogP contribution in [0, 0.1) is 11.8 Å². The quantitative estimate of drug-likeness (QED) is 0.755. The largest absolute Gasteiger partial charge is 0.360 e. The standard InChI is InChI=1S/C18H22N4S/c23-18(21-17-10-13-3-6-15(17)9-13)19-11-12-1-4-14(5-2-12)16-7-8-20-22-16/h1-2,4-5,7-8,13,15,17H,3,6,9-11H2,(H,20,22)(H2,19,21,23)/t13-,15-,17+/m0/s1. The molecule has 2 aromatic rings. The van der Waals surface area contributed by atoms with Crippen LogP contribution in [0.15, 0.2) is 36.5 Å². The molecule has 4 rings (SSSR count). The van der Waals surface area contributed by atoms with Gasteiger partial charge in [-0.15, -0.1) is 0 Å². The van der Waals surface area contributed by atoms with Crippen LogP contribution in [0.2, 0.25) is 0 Å². The third-order valence-corrected chi connectivity index (χ3v) is 5.54. The van der Waals surface area contributed by atoms with Gasteiger partial charge in [-0.1, -0.05) is 30.7 Å². The highest BCUT2D eigenvalue weighted by Gasteiger charge is 2.39. The molecule has 0 spiro atoms. The van der Waals surface area contributed by atoms with Gasteiger partial charge in [0.05, 0.1) is 5.69 Å². The van der Waals surface area contributed by atoms with E-state index in [1.165, 1.54) is 31.2 Å². The van der Waals surface area contributed by atoms with Gasteiger partial charge in [0.2, 0.25) is 0 Å². The van der Waals surface area contributed by atoms with Crippen molar-refractivity contribution >= 4 is 17.3 Å². The molecule has 1 heterocycles. The Hall–Kier alpha value is -1.88. The molecule has 1 aromatic heterocycles. The van der Waals surface area contributed by atoms with E-state index in [0.29, 0.717) is 6.04 Å². The number of aromatic amines is 1. The zero-order valence-corrected chi connectivity index (χ0v) is 13.9. The number of rotatable bonds is 4. The van der Waals surface area contributed by atoms with Crippen molar-refractivity contribution in [3.05, 3.63) is 42.1 Å². The summed E-state index contributed by atoms with van der Waals surface area (Å²) in [5.41, 5.74) is 3.41. The number of hydrogen-bond donors (Lipinski definition) is 3. The summed E-state index contributed by atoms with van der Waals surface area (Å²) in [5.74, 6) is 1.78. The van der Waals surface area contributed by atoms with Crippen LogP contribution in [0.1, 0.15) is 31.2 Å². The number of hydrogen-bond acceptors (Lipinski definition) is 2. The maximum Gasteiger partial charge on any atom is 0.166 e. The molecule has 3 atom stereocenters. The third kappa shape index (κ3) is 3.24. The Morgan fingerprint density at radius 2 is 2.04 bits per heavy atom. The fourth-order valence-corrected chi connectivity index (χ4v) is 4.27. The summed E-state index contributed by atoms with van der Waals surface area (Å²) in [5, 5.41) is 14.6. The molecule has 0 radical (unpaired) electrons. The van der Waals surface area contributed by atoms with Gasteiger partial charge in [0.15, 0.2) is 5.11 Å². The topological polar surface area (TPSA) is 52.7 Å². The second kappa shape index (κ2) is 6.32. The normalized spacial score (nSPS) is 25.5. The van der Waals surface area contributed by atoms with Crippen LogP contribution in [0.25, 0.3) is 11.3 Å². The predicted octanol–water partition coefficient (Wildman–Crippen LogP) is 3.23. The van der Waals surface area contributed by atoms with E-state index in [0.717, 1.165) is 34.8 Å². The van der Waals surface area contributed by atoms with Crippen molar-refractivity contribution in [1.82, 2.24) is 20.8 Å². The van der Waals surface area contributed by atoms with Gasteiger partial charge in [-0.3, -0.25) is 5.10 Å². The molecule has 0 amide bonds. The van der Waals surface area contributed by atoms with E-state index in [9.17, 15) is 0 Å². The number of fused-ring (bicyclic) bond motifs is 2. The van der Waals surface area contributed by atoms with Gasteiger partial charge in [-0.25, -0.2) is 0 Å². The highest BCUT2D eigenvalue weighted by molar-refractivity contribution is 7.80. The van der Waals surface area contributed by atoms with Crippen LogP contribution in [-0.4, -0.2) is 21.4 Å². The monoisotopic (exact) mass is 326 g/mol. The second-order valence-electron chi connectivity index (χ2n) is 6.78. The first kappa shape index (κ1) is 14.7. The minimum atomic E-state index is 0.594. The van der Waals surface area contributed by atoms with Crippen LogP contribution < -0.4 is 10.6 Å². The Labute approximate surface area is 142 Å². The van der Waals surface area contributed by atoms with Gasteiger partial charge in [0, 0.05) is 18.8 Å². The second-order valence-corrected chi connectivity index (χ2v) is 7.18. The lowest BCUT2D eigenvalue weighted by molar-refractivity contribution is 0.389. The molecule has 1 aromatic carbocycles. The number of nitrogens with zero attached hydrogens (tertiary/aromatic N) is 1. The summed E-state index contributed by atoms with van der Waals surface area (Å²) >= 11 is 5.46. The molecule has 3 N–H and O–H groups in total. The summed E-state index contributed by atoms with van der Waals surface area (Å²) < 4.78 is 0. The first-order valence-corrected chi connectivity index (χ1v) is 8.82. The summed E-state index contributed by atoms with van der Waals surface area (Å²) in [6, 6.07) is 11.0. The van der Waals surface area contributed by atoms with Crippen LogP contribution >= 0.6 is 12.2 Å². The van der Waals surface area contributed by atoms with Gasteiger partial charge in [-0.2, -0.15) is 5.10 Å². The van der Waals surface area contributed by atoms with E-state index < -0.39 is 0 Å². The Morgan fingerprint density at radius 3 is 2.70 bits per heavy atom. The SMILES string of the molecule is S=C(NCc1ccc(-c2ccn[nH]2)cc1)N[C@@H]1C[C@H]2CC[C@H]1C2. The molecule has 2 bridgehead atoms. The molecule has 2 aliphatic carbocycles. The molecule has 5 heteroatoms. The molecular weight excluding hydrogens is 304 g/mol. The number of thiocarbonyl (C=S) groups is 1. The fraction of sp³-hybridized carbons (Fsp3) is 0.444. The van der Waals surface area contributed by atoms with Crippen molar-refractivity contribution in [3.8, 4) is 11.3 Å². The minimum Gasteiger partial charge on any atom is -0.360 e. The fourth-order valence-electron chi connectivity index (χ4n) is 4.04. The predicted molar refractivity (Wildman–Crippen MR) is 95.8 cm³/mol. The van der Waals surface area contributed by atoms with Gasteiger partial charge >= 0.3 is 0 Å². The van der Waals surface area contributed by atoms with E-state index in [4.69, 9.17) is 12.2 Å². The van der Waals surface area contributed by atoms with E-state index in [1.807, 2.05) is 6.07 Å². The molecule has 2 aliphatic rings. The first-order valence-electron chi connectivity index (χ1n) is 8.41. The van der Waals surface area contributed by atoms with Gasteiger partial charge in [0.1, 0.15) is 0 Å². The number of aromatic nitrogens is 2. The molecule has 0 saturated heterocycles. The number of nitrogens with one attached hydrogen (secondary N) is 3. The maximum atomic E-state index is 5.46. The van der Waals surface area contributed by atoms with Crippen molar-refractivity contribution in [3.63, 3.8) is 0 Å². The van der Waals surface area contributed by atoms with Crippen LogP contribution in [-0.2, 0) is 6.54 Å². The average molecular weight is 326 g/mol. The first-order chi connectivity index (χ1) is 11.3. The van der Waals surface area contributed by atoms with E-state index in [1.54, 1.807) is 6.20 Å². The summed E-state index contributed by atoms with van der Waals surface area (Å²) in [7, 11) is 0. The summed E-state index contributed by atoms with van der Waals surface area (Å²) in [6.45, 7) is 0.760. The van der Waals surface area contributed by atoms with E-state index in [2.05, 4.69) is 45.1 Å². The number of benzene rings is 1. The van der Waals surface area contributed by atoms with Crippen molar-refractivity contribution in [2.45, 2.75) is 38.3 Å². The summed E-state index contributed by atoms with van der Waals surface area (Å²) in [6.07, 6.45) is 7.26. The molecule has 0 aliphatic heterocycles. The smallest absolute Gasteiger partial charge is 0.166 e. The molecule has 23 heavy (non-hydrogen) atoms. The lowest BCUT2D eigenvalue weighted by Gasteiger charge is -2.24. The van der Waals surface area contributed by atoms with E-state index in [-0.39, 0.29) is 0 Å². The Bertz CT molecular complexity index is 665. The van der Waals surface area contributed by atoms with E-state index >= 15 is 0 Å². The van der Waals surface area contributed by atoms with Crippen LogP contribution in [0.5, 0.6) is 0 Å². The Balaban J connectivity index is 1.28. The zero-order valence-electron chi connectivity index (χ0n) is 13.1. The lowest BCUT2D eigenvalue weighted by Crippen LogP contribution is -2.43. The summed E-state index contributed by atoms with van der Waals surface area (Å²) in [4.78, 5) is 0. The van der Waals surface area contributed by atoms with Crippen LogP contribution in [0.3, 0.4) is 0 Å². The lowest BCUT2D eigenvalue weighted by atomic mass is 9.96. The molecule has 4 nitrogen and oxygen atoms in total. The maximum absolute atomic E-state index is 5.46. The van der Waals surface area contributed by atoms with Crippen molar-refractivity contribution < 1.29 is 0 Å². The highest BCUT2D eigenvalue weighted by Crippen LogP contribution is 2.44. The zero-order chi connectivity index (χ0) is 15.6.